The Hall–Kier alpha value is -2.06. The molecule has 2 rings (SSSR count). The molecule has 1 saturated heterocycles. The minimum absolute atomic E-state index is 0.00000900. The second kappa shape index (κ2) is 7.65. The summed E-state index contributed by atoms with van der Waals surface area (Å²) in [6.45, 7) is 2.15. The number of benzene rings is 1. The van der Waals surface area contributed by atoms with Crippen LogP contribution in [0, 0.1) is 11.3 Å². The predicted molar refractivity (Wildman–Crippen MR) is 82.9 cm³/mol. The van der Waals surface area contributed by atoms with Gasteiger partial charge in [-0.3, -0.25) is 4.79 Å². The molecule has 1 heterocycles. The van der Waals surface area contributed by atoms with Crippen LogP contribution in [0.3, 0.4) is 0 Å². The molecule has 112 valence electrons. The van der Waals surface area contributed by atoms with E-state index in [0.717, 1.165) is 18.7 Å². The summed E-state index contributed by atoms with van der Waals surface area (Å²) in [5.74, 6) is 0.00000900. The number of nitrogens with one attached hydrogen (secondary N) is 2. The maximum atomic E-state index is 11.8. The molecule has 1 unspecified atom stereocenters. The van der Waals surface area contributed by atoms with E-state index in [4.69, 9.17) is 5.26 Å². The quantitative estimate of drug-likeness (QED) is 0.833. The summed E-state index contributed by atoms with van der Waals surface area (Å²) in [5, 5.41) is 14.7. The molecule has 1 aliphatic rings. The topological polar surface area (TPSA) is 68.2 Å². The number of hydrogen-bond acceptors (Lipinski definition) is 4. The van der Waals surface area contributed by atoms with E-state index in [2.05, 4.69) is 28.7 Å². The third kappa shape index (κ3) is 4.76. The molecule has 2 N–H and O–H groups in total. The molecule has 1 fully saturated rings. The van der Waals surface area contributed by atoms with Crippen LogP contribution in [0.4, 0.5) is 5.69 Å². The fourth-order valence-corrected chi connectivity index (χ4v) is 2.63. The van der Waals surface area contributed by atoms with Crippen molar-refractivity contribution in [3.05, 3.63) is 29.8 Å². The molecule has 0 spiro atoms. The fraction of sp³-hybridized carbons (Fsp3) is 0.500. The lowest BCUT2D eigenvalue weighted by Gasteiger charge is -2.19. The molecule has 1 aromatic carbocycles. The predicted octanol–water partition coefficient (Wildman–Crippen LogP) is 1.57. The highest BCUT2D eigenvalue weighted by atomic mass is 16.1. The minimum Gasteiger partial charge on any atom is -0.376 e. The maximum absolute atomic E-state index is 11.8. The van der Waals surface area contributed by atoms with Crippen LogP contribution in [0.5, 0.6) is 0 Å². The summed E-state index contributed by atoms with van der Waals surface area (Å²) in [6.07, 6.45) is 3.50. The minimum atomic E-state index is 0.00000900. The largest absolute Gasteiger partial charge is 0.376 e. The zero-order valence-corrected chi connectivity index (χ0v) is 12.4. The zero-order valence-electron chi connectivity index (χ0n) is 12.4. The number of nitriles is 1. The second-order valence-corrected chi connectivity index (χ2v) is 5.46. The molecule has 0 aromatic heterocycles. The van der Waals surface area contributed by atoms with Crippen molar-refractivity contribution in [2.75, 3.05) is 32.0 Å². The Morgan fingerprint density at radius 1 is 1.43 bits per heavy atom. The lowest BCUT2D eigenvalue weighted by molar-refractivity contribution is -0.119. The van der Waals surface area contributed by atoms with E-state index in [1.807, 2.05) is 0 Å². The molecule has 21 heavy (non-hydrogen) atoms. The number of carbonyl (C=O) groups is 1. The van der Waals surface area contributed by atoms with Crippen LogP contribution >= 0.6 is 0 Å². The number of anilines is 1. The van der Waals surface area contributed by atoms with Crippen molar-refractivity contribution in [1.82, 2.24) is 10.2 Å². The first-order valence-corrected chi connectivity index (χ1v) is 7.40. The average molecular weight is 286 g/mol. The van der Waals surface area contributed by atoms with Gasteiger partial charge in [-0.05, 0) is 57.1 Å². The van der Waals surface area contributed by atoms with Crippen molar-refractivity contribution in [2.45, 2.75) is 25.3 Å². The normalized spacial score (nSPS) is 18.2. The van der Waals surface area contributed by atoms with Gasteiger partial charge in [-0.15, -0.1) is 0 Å². The average Bonchev–Trinajstić information content (AvgIpc) is 2.91. The molecular formula is C16H22N4O. The number of rotatable bonds is 6. The monoisotopic (exact) mass is 286 g/mol. The molecule has 0 radical (unpaired) electrons. The Kier molecular flexibility index (Phi) is 5.59. The molecular weight excluding hydrogens is 264 g/mol. The fourth-order valence-electron chi connectivity index (χ4n) is 2.63. The highest BCUT2D eigenvalue weighted by Gasteiger charge is 2.20. The maximum Gasteiger partial charge on any atom is 0.239 e. The first-order valence-electron chi connectivity index (χ1n) is 7.40. The standard InChI is InChI=1S/C16H22N4O/c1-20-10-2-3-15(20)8-9-18-16(21)12-19-14-6-4-13(11-17)5-7-14/h4-7,15,19H,2-3,8-10,12H2,1H3,(H,18,21). The lowest BCUT2D eigenvalue weighted by atomic mass is 10.1. The number of likely N-dealkylation sites (tertiary alicyclic amines) is 1. The Morgan fingerprint density at radius 2 is 2.19 bits per heavy atom. The molecule has 5 heteroatoms. The SMILES string of the molecule is CN1CCCC1CCNC(=O)CNc1ccc(C#N)cc1. The third-order valence-electron chi connectivity index (χ3n) is 3.94. The smallest absolute Gasteiger partial charge is 0.239 e. The van der Waals surface area contributed by atoms with Gasteiger partial charge in [-0.2, -0.15) is 5.26 Å². The summed E-state index contributed by atoms with van der Waals surface area (Å²) in [4.78, 5) is 14.1. The summed E-state index contributed by atoms with van der Waals surface area (Å²) in [6, 6.07) is 9.75. The van der Waals surface area contributed by atoms with E-state index in [1.54, 1.807) is 24.3 Å². The van der Waals surface area contributed by atoms with Crippen molar-refractivity contribution in [1.29, 1.82) is 5.26 Å². The summed E-state index contributed by atoms with van der Waals surface area (Å²) in [5.41, 5.74) is 1.46. The first-order chi connectivity index (χ1) is 10.2. The molecule has 1 atom stereocenters. The highest BCUT2D eigenvalue weighted by Crippen LogP contribution is 2.16. The van der Waals surface area contributed by atoms with E-state index in [1.165, 1.54) is 19.4 Å². The van der Waals surface area contributed by atoms with Crippen molar-refractivity contribution in [2.24, 2.45) is 0 Å². The molecule has 0 aliphatic carbocycles. The van der Waals surface area contributed by atoms with Crippen LogP contribution in [-0.2, 0) is 4.79 Å². The van der Waals surface area contributed by atoms with E-state index >= 15 is 0 Å². The van der Waals surface area contributed by atoms with Crippen LogP contribution in [0.15, 0.2) is 24.3 Å². The van der Waals surface area contributed by atoms with Gasteiger partial charge in [0, 0.05) is 18.3 Å². The van der Waals surface area contributed by atoms with Crippen molar-refractivity contribution >= 4 is 11.6 Å². The van der Waals surface area contributed by atoms with Crippen molar-refractivity contribution < 1.29 is 4.79 Å². The molecule has 5 nitrogen and oxygen atoms in total. The van der Waals surface area contributed by atoms with E-state index in [-0.39, 0.29) is 12.5 Å². The molecule has 1 aliphatic heterocycles. The van der Waals surface area contributed by atoms with Crippen LogP contribution in [0.25, 0.3) is 0 Å². The molecule has 1 aromatic rings. The first kappa shape index (κ1) is 15.3. The lowest BCUT2D eigenvalue weighted by Crippen LogP contribution is -2.34. The van der Waals surface area contributed by atoms with Gasteiger partial charge in [0.05, 0.1) is 18.2 Å². The van der Waals surface area contributed by atoms with Crippen LogP contribution < -0.4 is 10.6 Å². The zero-order chi connectivity index (χ0) is 15.1. The van der Waals surface area contributed by atoms with Crippen LogP contribution in [0.1, 0.15) is 24.8 Å². The van der Waals surface area contributed by atoms with Gasteiger partial charge in [-0.1, -0.05) is 0 Å². The van der Waals surface area contributed by atoms with Gasteiger partial charge in [-0.25, -0.2) is 0 Å². The van der Waals surface area contributed by atoms with Gasteiger partial charge in [0.1, 0.15) is 0 Å². The summed E-state index contributed by atoms with van der Waals surface area (Å²) >= 11 is 0. The van der Waals surface area contributed by atoms with Crippen molar-refractivity contribution in [3.63, 3.8) is 0 Å². The van der Waals surface area contributed by atoms with Gasteiger partial charge < -0.3 is 15.5 Å². The molecule has 0 bridgehead atoms. The Bertz CT molecular complexity index is 506. The van der Waals surface area contributed by atoms with E-state index in [0.29, 0.717) is 11.6 Å². The Balaban J connectivity index is 1.64. The van der Waals surface area contributed by atoms with Crippen LogP contribution in [0.2, 0.25) is 0 Å². The van der Waals surface area contributed by atoms with Gasteiger partial charge in [0.25, 0.3) is 0 Å². The summed E-state index contributed by atoms with van der Waals surface area (Å²) < 4.78 is 0. The van der Waals surface area contributed by atoms with E-state index < -0.39 is 0 Å². The van der Waals surface area contributed by atoms with E-state index in [9.17, 15) is 4.79 Å². The molecule has 1 amide bonds. The highest BCUT2D eigenvalue weighted by molar-refractivity contribution is 5.80. The molecule has 0 saturated carbocycles. The van der Waals surface area contributed by atoms with Crippen molar-refractivity contribution in [3.8, 4) is 6.07 Å². The van der Waals surface area contributed by atoms with Gasteiger partial charge in [0.2, 0.25) is 5.91 Å². The van der Waals surface area contributed by atoms with Gasteiger partial charge in [0.15, 0.2) is 0 Å². The van der Waals surface area contributed by atoms with Gasteiger partial charge >= 0.3 is 0 Å². The number of amides is 1. The third-order valence-corrected chi connectivity index (χ3v) is 3.94. The second-order valence-electron chi connectivity index (χ2n) is 5.46. The van der Waals surface area contributed by atoms with Crippen LogP contribution in [-0.4, -0.2) is 43.5 Å². The number of nitrogens with zero attached hydrogens (tertiary/aromatic N) is 2. The Morgan fingerprint density at radius 3 is 2.81 bits per heavy atom. The summed E-state index contributed by atoms with van der Waals surface area (Å²) in [7, 11) is 2.14. The Labute approximate surface area is 125 Å². The number of hydrogen-bond donors (Lipinski definition) is 2. The number of carbonyl (C=O) groups excluding carboxylic acids is 1.